The number of carbonyl (C=O) groups is 2. The SMILES string of the molecule is CCOc1cc(C2NC(=O)c3c(sc4c3CCN(Cc3ccccc3)C4)N2)ccc1OC(=O)c1ccccc1. The molecular formula is C31H29N3O4S. The van der Waals surface area contributed by atoms with Crippen molar-refractivity contribution in [3.8, 4) is 11.5 Å². The van der Waals surface area contributed by atoms with Crippen molar-refractivity contribution in [3.63, 3.8) is 0 Å². The Morgan fingerprint density at radius 2 is 1.77 bits per heavy atom. The maximum Gasteiger partial charge on any atom is 0.343 e. The van der Waals surface area contributed by atoms with Gasteiger partial charge in [0.15, 0.2) is 11.5 Å². The second-order valence-corrected chi connectivity index (χ2v) is 10.7. The highest BCUT2D eigenvalue weighted by Crippen LogP contribution is 2.42. The first-order chi connectivity index (χ1) is 19.1. The lowest BCUT2D eigenvalue weighted by Crippen LogP contribution is -2.38. The second-order valence-electron chi connectivity index (χ2n) is 9.60. The molecule has 0 fully saturated rings. The number of esters is 1. The molecule has 1 aromatic heterocycles. The summed E-state index contributed by atoms with van der Waals surface area (Å²) in [5, 5.41) is 7.53. The maximum absolute atomic E-state index is 13.3. The van der Waals surface area contributed by atoms with E-state index in [9.17, 15) is 9.59 Å². The Kier molecular flexibility index (Phi) is 7.04. The number of ether oxygens (including phenoxy) is 2. The quantitative estimate of drug-likeness (QED) is 0.229. The molecule has 2 aliphatic heterocycles. The Morgan fingerprint density at radius 3 is 2.54 bits per heavy atom. The van der Waals surface area contributed by atoms with Gasteiger partial charge in [0.2, 0.25) is 0 Å². The average Bonchev–Trinajstić information content (AvgIpc) is 3.33. The first kappa shape index (κ1) is 25.2. The highest BCUT2D eigenvalue weighted by Gasteiger charge is 2.33. The minimum absolute atomic E-state index is 0.0692. The Labute approximate surface area is 231 Å². The summed E-state index contributed by atoms with van der Waals surface area (Å²) in [6, 6.07) is 24.7. The second kappa shape index (κ2) is 10.9. The third kappa shape index (κ3) is 5.26. The number of hydrogen-bond donors (Lipinski definition) is 2. The number of anilines is 1. The number of nitrogens with zero attached hydrogens (tertiary/aromatic N) is 1. The van der Waals surface area contributed by atoms with Crippen molar-refractivity contribution in [1.29, 1.82) is 0 Å². The van der Waals surface area contributed by atoms with Crippen molar-refractivity contribution >= 4 is 28.2 Å². The summed E-state index contributed by atoms with van der Waals surface area (Å²) in [5.41, 5.74) is 4.49. The fourth-order valence-corrected chi connectivity index (χ4v) is 6.42. The number of carbonyl (C=O) groups excluding carboxylic acids is 2. The van der Waals surface area contributed by atoms with Gasteiger partial charge in [-0.1, -0.05) is 54.6 Å². The lowest BCUT2D eigenvalue weighted by molar-refractivity contribution is 0.0728. The van der Waals surface area contributed by atoms with Crippen LogP contribution in [0.2, 0.25) is 0 Å². The molecule has 6 rings (SSSR count). The summed E-state index contributed by atoms with van der Waals surface area (Å²) >= 11 is 1.66. The molecule has 0 spiro atoms. The van der Waals surface area contributed by atoms with Gasteiger partial charge < -0.3 is 20.1 Å². The van der Waals surface area contributed by atoms with Gasteiger partial charge in [0.25, 0.3) is 5.91 Å². The van der Waals surface area contributed by atoms with E-state index in [2.05, 4.69) is 39.8 Å². The van der Waals surface area contributed by atoms with Crippen molar-refractivity contribution in [3.05, 3.63) is 112 Å². The molecule has 1 unspecified atom stereocenters. The molecule has 0 aliphatic carbocycles. The van der Waals surface area contributed by atoms with Gasteiger partial charge in [-0.05, 0) is 54.3 Å². The molecule has 1 amide bonds. The van der Waals surface area contributed by atoms with E-state index in [0.717, 1.165) is 47.7 Å². The van der Waals surface area contributed by atoms with Crippen LogP contribution in [0.5, 0.6) is 11.5 Å². The summed E-state index contributed by atoms with van der Waals surface area (Å²) in [4.78, 5) is 29.6. The van der Waals surface area contributed by atoms with Gasteiger partial charge in [0.1, 0.15) is 11.2 Å². The van der Waals surface area contributed by atoms with E-state index in [1.807, 2.05) is 31.2 Å². The summed E-state index contributed by atoms with van der Waals surface area (Å²) in [6.45, 7) is 4.93. The van der Waals surface area contributed by atoms with Gasteiger partial charge >= 0.3 is 5.97 Å². The van der Waals surface area contributed by atoms with Crippen LogP contribution in [0.1, 0.15) is 55.4 Å². The third-order valence-electron chi connectivity index (χ3n) is 6.98. The molecule has 0 saturated heterocycles. The fourth-order valence-electron chi connectivity index (χ4n) is 5.10. The van der Waals surface area contributed by atoms with E-state index in [-0.39, 0.29) is 5.91 Å². The third-order valence-corrected chi connectivity index (χ3v) is 8.12. The standard InChI is InChI=1S/C31H29N3O4S/c1-2-37-25-17-22(13-14-24(25)38-31(36)21-11-7-4-8-12-21)28-32-29(35)27-23-15-16-34(18-20-9-5-3-6-10-20)19-26(23)39-30(27)33-28/h3-14,17,28,33H,2,15-16,18-19H2,1H3,(H,32,35). The van der Waals surface area contributed by atoms with E-state index in [1.165, 1.54) is 10.4 Å². The number of benzene rings is 3. The fraction of sp³-hybridized carbons (Fsp3) is 0.226. The molecule has 8 heteroatoms. The van der Waals surface area contributed by atoms with Crippen molar-refractivity contribution in [2.24, 2.45) is 0 Å². The number of hydrogen-bond acceptors (Lipinski definition) is 7. The molecule has 39 heavy (non-hydrogen) atoms. The van der Waals surface area contributed by atoms with Crippen LogP contribution in [0.4, 0.5) is 5.00 Å². The zero-order valence-electron chi connectivity index (χ0n) is 21.6. The molecule has 0 bridgehead atoms. The lowest BCUT2D eigenvalue weighted by Gasteiger charge is -2.29. The monoisotopic (exact) mass is 539 g/mol. The van der Waals surface area contributed by atoms with Gasteiger partial charge in [-0.3, -0.25) is 9.69 Å². The zero-order valence-corrected chi connectivity index (χ0v) is 22.4. The van der Waals surface area contributed by atoms with E-state index in [0.29, 0.717) is 23.7 Å². The van der Waals surface area contributed by atoms with E-state index < -0.39 is 12.1 Å². The minimum Gasteiger partial charge on any atom is -0.490 e. The summed E-state index contributed by atoms with van der Waals surface area (Å²) in [5.74, 6) is 0.259. The van der Waals surface area contributed by atoms with E-state index in [1.54, 1.807) is 41.7 Å². The number of fused-ring (bicyclic) bond motifs is 3. The predicted molar refractivity (Wildman–Crippen MR) is 151 cm³/mol. The van der Waals surface area contributed by atoms with Crippen LogP contribution in [0.15, 0.2) is 78.9 Å². The molecule has 7 nitrogen and oxygen atoms in total. The summed E-state index contributed by atoms with van der Waals surface area (Å²) in [6.07, 6.45) is 0.424. The number of rotatable bonds is 7. The van der Waals surface area contributed by atoms with Crippen molar-refractivity contribution < 1.29 is 19.1 Å². The van der Waals surface area contributed by atoms with Crippen LogP contribution >= 0.6 is 11.3 Å². The summed E-state index contributed by atoms with van der Waals surface area (Å²) in [7, 11) is 0. The van der Waals surface area contributed by atoms with Gasteiger partial charge in [0, 0.05) is 24.5 Å². The van der Waals surface area contributed by atoms with Gasteiger partial charge in [-0.25, -0.2) is 4.79 Å². The molecule has 198 valence electrons. The number of nitrogens with one attached hydrogen (secondary N) is 2. The predicted octanol–water partition coefficient (Wildman–Crippen LogP) is 5.78. The Bertz CT molecular complexity index is 1500. The van der Waals surface area contributed by atoms with Crippen molar-refractivity contribution in [1.82, 2.24) is 10.2 Å². The molecular weight excluding hydrogens is 510 g/mol. The van der Waals surface area contributed by atoms with Crippen LogP contribution in [-0.2, 0) is 19.5 Å². The van der Waals surface area contributed by atoms with E-state index in [4.69, 9.17) is 9.47 Å². The van der Waals surface area contributed by atoms with Gasteiger partial charge in [-0.15, -0.1) is 11.3 Å². The Morgan fingerprint density at radius 1 is 1.00 bits per heavy atom. The Balaban J connectivity index is 1.20. The van der Waals surface area contributed by atoms with Crippen LogP contribution < -0.4 is 20.1 Å². The molecule has 2 N–H and O–H groups in total. The van der Waals surface area contributed by atoms with Crippen molar-refractivity contribution in [2.45, 2.75) is 32.6 Å². The topological polar surface area (TPSA) is 79.9 Å². The molecule has 3 aromatic carbocycles. The van der Waals surface area contributed by atoms with Gasteiger partial charge in [0.05, 0.1) is 17.7 Å². The lowest BCUT2D eigenvalue weighted by atomic mass is 10.00. The highest BCUT2D eigenvalue weighted by atomic mass is 32.1. The van der Waals surface area contributed by atoms with Crippen molar-refractivity contribution in [2.75, 3.05) is 18.5 Å². The number of thiophene rings is 1. The largest absolute Gasteiger partial charge is 0.490 e. The van der Waals surface area contributed by atoms with Crippen LogP contribution in [-0.4, -0.2) is 29.9 Å². The molecule has 3 heterocycles. The first-order valence-corrected chi connectivity index (χ1v) is 13.9. The molecule has 4 aromatic rings. The van der Waals surface area contributed by atoms with Crippen LogP contribution in [0.3, 0.4) is 0 Å². The molecule has 2 aliphatic rings. The minimum atomic E-state index is -0.455. The molecule has 0 saturated carbocycles. The normalized spacial score (nSPS) is 16.4. The van der Waals surface area contributed by atoms with Crippen LogP contribution in [0.25, 0.3) is 0 Å². The van der Waals surface area contributed by atoms with E-state index >= 15 is 0 Å². The number of amides is 1. The van der Waals surface area contributed by atoms with Gasteiger partial charge in [-0.2, -0.15) is 0 Å². The summed E-state index contributed by atoms with van der Waals surface area (Å²) < 4.78 is 11.4. The zero-order chi connectivity index (χ0) is 26.8. The van der Waals surface area contributed by atoms with Crippen LogP contribution in [0, 0.1) is 0 Å². The highest BCUT2D eigenvalue weighted by molar-refractivity contribution is 7.16. The smallest absolute Gasteiger partial charge is 0.343 e. The maximum atomic E-state index is 13.3. The molecule has 0 radical (unpaired) electrons. The molecule has 1 atom stereocenters. The average molecular weight is 540 g/mol. The Hall–Kier alpha value is -4.14. The first-order valence-electron chi connectivity index (χ1n) is 13.1.